The van der Waals surface area contributed by atoms with Crippen LogP contribution in [0.4, 0.5) is 8.78 Å². The highest BCUT2D eigenvalue weighted by Crippen LogP contribution is 2.37. The van der Waals surface area contributed by atoms with Gasteiger partial charge in [-0.3, -0.25) is 0 Å². The predicted octanol–water partition coefficient (Wildman–Crippen LogP) is 7.90. The average Bonchev–Trinajstić information content (AvgIpc) is 3.09. The Labute approximate surface area is 220 Å². The lowest BCUT2D eigenvalue weighted by atomic mass is 9.79. The van der Waals surface area contributed by atoms with Crippen molar-refractivity contribution < 1.29 is 22.8 Å². The van der Waals surface area contributed by atoms with Crippen molar-refractivity contribution >= 4 is 12.6 Å². The summed E-state index contributed by atoms with van der Waals surface area (Å²) in [5, 5.41) is 0. The van der Waals surface area contributed by atoms with Crippen LogP contribution in [0.5, 0.6) is 5.75 Å². The van der Waals surface area contributed by atoms with Crippen LogP contribution < -0.4 is 10.2 Å². The van der Waals surface area contributed by atoms with Crippen molar-refractivity contribution in [3.8, 4) is 16.9 Å². The van der Waals surface area contributed by atoms with E-state index >= 15 is 0 Å². The van der Waals surface area contributed by atoms with Crippen molar-refractivity contribution in [1.82, 2.24) is 0 Å². The van der Waals surface area contributed by atoms with Gasteiger partial charge in [-0.15, -0.1) is 0 Å². The molecule has 196 valence electrons. The maximum Gasteiger partial charge on any atom is 0.494 e. The summed E-state index contributed by atoms with van der Waals surface area (Å²) < 4.78 is 47.0. The fourth-order valence-electron chi connectivity index (χ4n) is 4.36. The van der Waals surface area contributed by atoms with Gasteiger partial charge in [0.15, 0.2) is 0 Å². The van der Waals surface area contributed by atoms with Gasteiger partial charge in [-0.05, 0) is 87.0 Å². The van der Waals surface area contributed by atoms with E-state index in [9.17, 15) is 8.78 Å². The van der Waals surface area contributed by atoms with Gasteiger partial charge in [0, 0.05) is 0 Å². The SMILES string of the molecule is CCCCCCc1ccc(-c2ccc(C(F)(F)Oc3ccc(B4OC(C)(C)C(C)(C)O4)cc3)cc2)cc1. The molecule has 0 spiro atoms. The Hall–Kier alpha value is -2.70. The summed E-state index contributed by atoms with van der Waals surface area (Å²) in [6.45, 7) is 10.1. The predicted molar refractivity (Wildman–Crippen MR) is 146 cm³/mol. The number of hydrogen-bond donors (Lipinski definition) is 0. The van der Waals surface area contributed by atoms with Crippen molar-refractivity contribution in [2.75, 3.05) is 0 Å². The molecule has 37 heavy (non-hydrogen) atoms. The largest absolute Gasteiger partial charge is 0.494 e. The van der Waals surface area contributed by atoms with Gasteiger partial charge in [-0.25, -0.2) is 0 Å². The Bertz CT molecular complexity index is 1140. The van der Waals surface area contributed by atoms with Crippen LogP contribution in [0.1, 0.15) is 71.4 Å². The van der Waals surface area contributed by atoms with E-state index in [-0.39, 0.29) is 11.3 Å². The van der Waals surface area contributed by atoms with Crippen LogP contribution in [0.25, 0.3) is 11.1 Å². The minimum absolute atomic E-state index is 0.0730. The highest BCUT2D eigenvalue weighted by molar-refractivity contribution is 6.62. The van der Waals surface area contributed by atoms with E-state index < -0.39 is 24.4 Å². The summed E-state index contributed by atoms with van der Waals surface area (Å²) in [5.41, 5.74) is 2.82. The highest BCUT2D eigenvalue weighted by atomic mass is 19.3. The lowest BCUT2D eigenvalue weighted by molar-refractivity contribution is -0.185. The summed E-state index contributed by atoms with van der Waals surface area (Å²) in [6.07, 6.45) is 2.55. The number of benzene rings is 3. The summed E-state index contributed by atoms with van der Waals surface area (Å²) >= 11 is 0. The standard InChI is InChI=1S/C31H37BF2O3/c1-6-7-8-9-10-23-11-13-24(14-12-23)25-15-17-26(18-16-25)31(33,34)35-28-21-19-27(20-22-28)32-36-29(2,3)30(4,5)37-32/h11-22H,6-10H2,1-5H3. The molecule has 0 aromatic heterocycles. The summed E-state index contributed by atoms with van der Waals surface area (Å²) in [5.74, 6) is 0.0730. The van der Waals surface area contributed by atoms with Crippen LogP contribution >= 0.6 is 0 Å². The molecule has 3 aromatic rings. The van der Waals surface area contributed by atoms with E-state index in [0.717, 1.165) is 23.0 Å². The number of alkyl halides is 2. The zero-order valence-corrected chi connectivity index (χ0v) is 22.5. The van der Waals surface area contributed by atoms with Gasteiger partial charge in [-0.1, -0.05) is 74.7 Å². The minimum Gasteiger partial charge on any atom is -0.429 e. The van der Waals surface area contributed by atoms with Gasteiger partial charge in [0.2, 0.25) is 0 Å². The second-order valence-corrected chi connectivity index (χ2v) is 10.9. The normalized spacial score (nSPS) is 16.7. The first kappa shape index (κ1) is 27.3. The maximum atomic E-state index is 14.9. The molecule has 0 unspecified atom stereocenters. The molecule has 0 saturated carbocycles. The number of unbranched alkanes of at least 4 members (excludes halogenated alkanes) is 3. The van der Waals surface area contributed by atoms with E-state index in [0.29, 0.717) is 0 Å². The smallest absolute Gasteiger partial charge is 0.429 e. The van der Waals surface area contributed by atoms with Gasteiger partial charge in [0.05, 0.1) is 16.8 Å². The van der Waals surface area contributed by atoms with Crippen molar-refractivity contribution in [3.63, 3.8) is 0 Å². The van der Waals surface area contributed by atoms with Gasteiger partial charge >= 0.3 is 13.2 Å². The van der Waals surface area contributed by atoms with E-state index in [1.807, 2.05) is 27.7 Å². The zero-order valence-electron chi connectivity index (χ0n) is 22.5. The molecule has 1 aliphatic rings. The molecule has 1 fully saturated rings. The first-order valence-electron chi connectivity index (χ1n) is 13.2. The Morgan fingerprint density at radius 3 is 1.81 bits per heavy atom. The van der Waals surface area contributed by atoms with Gasteiger partial charge in [0.25, 0.3) is 0 Å². The number of ether oxygens (including phenoxy) is 1. The minimum atomic E-state index is -3.47. The molecule has 0 radical (unpaired) electrons. The van der Waals surface area contributed by atoms with Crippen LogP contribution in [0, 0.1) is 0 Å². The molecule has 3 aromatic carbocycles. The van der Waals surface area contributed by atoms with Crippen molar-refractivity contribution in [1.29, 1.82) is 0 Å². The Morgan fingerprint density at radius 1 is 0.730 bits per heavy atom. The second-order valence-electron chi connectivity index (χ2n) is 10.9. The van der Waals surface area contributed by atoms with E-state index in [1.54, 1.807) is 24.3 Å². The zero-order chi connectivity index (χ0) is 26.7. The number of halogens is 2. The molecule has 0 atom stereocenters. The molecule has 6 heteroatoms. The number of hydrogen-bond acceptors (Lipinski definition) is 3. The van der Waals surface area contributed by atoms with Crippen LogP contribution in [-0.2, 0) is 21.8 Å². The molecule has 3 nitrogen and oxygen atoms in total. The highest BCUT2D eigenvalue weighted by Gasteiger charge is 2.51. The quantitative estimate of drug-likeness (QED) is 0.207. The van der Waals surface area contributed by atoms with Crippen molar-refractivity contribution in [2.45, 2.75) is 84.0 Å². The number of rotatable bonds is 10. The first-order chi connectivity index (χ1) is 17.5. The van der Waals surface area contributed by atoms with Crippen LogP contribution in [-0.4, -0.2) is 18.3 Å². The van der Waals surface area contributed by atoms with Crippen molar-refractivity contribution in [2.24, 2.45) is 0 Å². The molecule has 1 saturated heterocycles. The molecule has 1 heterocycles. The molecular weight excluding hydrogens is 469 g/mol. The Balaban J connectivity index is 1.37. The van der Waals surface area contributed by atoms with Crippen LogP contribution in [0.15, 0.2) is 72.8 Å². The average molecular weight is 506 g/mol. The fourth-order valence-corrected chi connectivity index (χ4v) is 4.36. The maximum absolute atomic E-state index is 14.9. The monoisotopic (exact) mass is 506 g/mol. The third kappa shape index (κ3) is 6.42. The van der Waals surface area contributed by atoms with E-state index in [2.05, 4.69) is 31.2 Å². The van der Waals surface area contributed by atoms with Crippen LogP contribution in [0.3, 0.4) is 0 Å². The lowest BCUT2D eigenvalue weighted by Gasteiger charge is -2.32. The molecule has 0 bridgehead atoms. The molecular formula is C31H37BF2O3. The van der Waals surface area contributed by atoms with Gasteiger partial charge < -0.3 is 14.0 Å². The fraction of sp³-hybridized carbons (Fsp3) is 0.419. The van der Waals surface area contributed by atoms with E-state index in [4.69, 9.17) is 14.0 Å². The molecule has 0 N–H and O–H groups in total. The summed E-state index contributed by atoms with van der Waals surface area (Å²) in [4.78, 5) is 0. The van der Waals surface area contributed by atoms with Gasteiger partial charge in [0.1, 0.15) is 5.75 Å². The van der Waals surface area contributed by atoms with E-state index in [1.165, 1.54) is 55.5 Å². The molecule has 0 aliphatic carbocycles. The summed E-state index contributed by atoms with van der Waals surface area (Å²) in [6, 6.07) is 21.1. The van der Waals surface area contributed by atoms with Crippen molar-refractivity contribution in [3.05, 3.63) is 83.9 Å². The Kier molecular flexibility index (Phi) is 8.10. The van der Waals surface area contributed by atoms with Gasteiger partial charge in [-0.2, -0.15) is 8.78 Å². The second kappa shape index (κ2) is 11.0. The summed E-state index contributed by atoms with van der Waals surface area (Å²) in [7, 11) is -0.553. The lowest BCUT2D eigenvalue weighted by Crippen LogP contribution is -2.41. The Morgan fingerprint density at radius 2 is 1.27 bits per heavy atom. The molecule has 4 rings (SSSR count). The third-order valence-electron chi connectivity index (χ3n) is 7.48. The number of aryl methyl sites for hydroxylation is 1. The first-order valence-corrected chi connectivity index (χ1v) is 13.2. The third-order valence-corrected chi connectivity index (χ3v) is 7.48. The topological polar surface area (TPSA) is 27.7 Å². The molecule has 1 aliphatic heterocycles. The van der Waals surface area contributed by atoms with Crippen LogP contribution in [0.2, 0.25) is 0 Å². The molecule has 0 amide bonds.